The first-order chi connectivity index (χ1) is 12.1. The highest BCUT2D eigenvalue weighted by Gasteiger charge is 2.07. The second-order valence-electron chi connectivity index (χ2n) is 5.49. The van der Waals surface area contributed by atoms with Gasteiger partial charge in [-0.1, -0.05) is 39.8 Å². The number of aromatic amines is 1. The summed E-state index contributed by atoms with van der Waals surface area (Å²) in [5.74, 6) is 0.502. The lowest BCUT2D eigenvalue weighted by molar-refractivity contribution is 0.0982. The van der Waals surface area contributed by atoms with Gasteiger partial charge in [-0.05, 0) is 48.4 Å². The van der Waals surface area contributed by atoms with Crippen LogP contribution in [0.4, 0.5) is 4.39 Å². The van der Waals surface area contributed by atoms with Gasteiger partial charge in [0.2, 0.25) is 0 Å². The van der Waals surface area contributed by atoms with Gasteiger partial charge in [-0.3, -0.25) is 4.79 Å². The van der Waals surface area contributed by atoms with Crippen molar-refractivity contribution in [3.05, 3.63) is 70.6 Å². The monoisotopic (exact) mass is 418 g/mol. The lowest BCUT2D eigenvalue weighted by Crippen LogP contribution is -1.99. The topological polar surface area (TPSA) is 45.8 Å². The molecule has 2 aromatic carbocycles. The standard InChI is InChI=1S/C19H16BrFN2OS/c20-15-7-3-13(4-8-15)17-12-22-19(23-17)25-11-1-2-18(24)14-5-9-16(21)10-6-14/h3-10,12H,1-2,11H2,(H,22,23). The zero-order valence-electron chi connectivity index (χ0n) is 13.3. The number of thioether (sulfide) groups is 1. The molecule has 1 N–H and O–H groups in total. The molecule has 3 aromatic rings. The quantitative estimate of drug-likeness (QED) is 0.302. The molecule has 3 nitrogen and oxygen atoms in total. The maximum absolute atomic E-state index is 12.9. The summed E-state index contributed by atoms with van der Waals surface area (Å²) in [6, 6.07) is 13.7. The van der Waals surface area contributed by atoms with E-state index >= 15 is 0 Å². The largest absolute Gasteiger partial charge is 0.333 e. The Kier molecular flexibility index (Phi) is 6.04. The Hall–Kier alpha value is -1.92. The minimum atomic E-state index is -0.327. The molecule has 0 bridgehead atoms. The Morgan fingerprint density at radius 1 is 1.12 bits per heavy atom. The molecule has 25 heavy (non-hydrogen) atoms. The molecule has 0 fully saturated rings. The number of imidazole rings is 1. The summed E-state index contributed by atoms with van der Waals surface area (Å²) in [5, 5.41) is 0.840. The van der Waals surface area contributed by atoms with Crippen LogP contribution in [0.5, 0.6) is 0 Å². The van der Waals surface area contributed by atoms with Crippen molar-refractivity contribution in [2.75, 3.05) is 5.75 Å². The van der Waals surface area contributed by atoms with Crippen molar-refractivity contribution in [2.24, 2.45) is 0 Å². The Morgan fingerprint density at radius 3 is 2.56 bits per heavy atom. The number of benzene rings is 2. The molecule has 1 heterocycles. The third kappa shape index (κ3) is 5.03. The molecule has 3 rings (SSSR count). The summed E-state index contributed by atoms with van der Waals surface area (Å²) in [5.41, 5.74) is 2.60. The van der Waals surface area contributed by atoms with Crippen molar-refractivity contribution >= 4 is 33.5 Å². The minimum Gasteiger partial charge on any atom is -0.333 e. The number of nitrogens with one attached hydrogen (secondary N) is 1. The van der Waals surface area contributed by atoms with Crippen molar-refractivity contribution in [2.45, 2.75) is 18.0 Å². The number of hydrogen-bond acceptors (Lipinski definition) is 3. The van der Waals surface area contributed by atoms with Gasteiger partial charge >= 0.3 is 0 Å². The predicted molar refractivity (Wildman–Crippen MR) is 102 cm³/mol. The summed E-state index contributed by atoms with van der Waals surface area (Å²) in [7, 11) is 0. The first-order valence-electron chi connectivity index (χ1n) is 7.84. The van der Waals surface area contributed by atoms with E-state index in [1.165, 1.54) is 24.3 Å². The Morgan fingerprint density at radius 2 is 1.84 bits per heavy atom. The van der Waals surface area contributed by atoms with E-state index in [4.69, 9.17) is 0 Å². The van der Waals surface area contributed by atoms with E-state index in [1.807, 2.05) is 30.5 Å². The maximum Gasteiger partial charge on any atom is 0.165 e. The van der Waals surface area contributed by atoms with Crippen LogP contribution >= 0.6 is 27.7 Å². The van der Waals surface area contributed by atoms with E-state index in [9.17, 15) is 9.18 Å². The first-order valence-corrected chi connectivity index (χ1v) is 9.62. The van der Waals surface area contributed by atoms with E-state index in [0.717, 1.165) is 33.1 Å². The van der Waals surface area contributed by atoms with Crippen LogP contribution in [0.15, 0.2) is 64.4 Å². The van der Waals surface area contributed by atoms with Gasteiger partial charge in [0.15, 0.2) is 10.9 Å². The van der Waals surface area contributed by atoms with E-state index in [-0.39, 0.29) is 11.6 Å². The molecule has 0 saturated carbocycles. The van der Waals surface area contributed by atoms with Crippen LogP contribution in [0, 0.1) is 5.82 Å². The molecular formula is C19H16BrFN2OS. The molecule has 1 aromatic heterocycles. The molecule has 6 heteroatoms. The smallest absolute Gasteiger partial charge is 0.165 e. The fraction of sp³-hybridized carbons (Fsp3) is 0.158. The molecule has 0 saturated heterocycles. The van der Waals surface area contributed by atoms with Crippen molar-refractivity contribution in [1.82, 2.24) is 9.97 Å². The van der Waals surface area contributed by atoms with Crippen LogP contribution in [0.25, 0.3) is 11.3 Å². The third-order valence-electron chi connectivity index (χ3n) is 3.66. The molecule has 0 amide bonds. The Bertz CT molecular complexity index is 847. The second-order valence-corrected chi connectivity index (χ2v) is 7.49. The van der Waals surface area contributed by atoms with E-state index in [1.54, 1.807) is 11.8 Å². The normalized spacial score (nSPS) is 10.8. The SMILES string of the molecule is O=C(CCCSc1ncc(-c2ccc(Br)cc2)[nH]1)c1ccc(F)cc1. The summed E-state index contributed by atoms with van der Waals surface area (Å²) in [6.45, 7) is 0. The van der Waals surface area contributed by atoms with Crippen molar-refractivity contribution < 1.29 is 9.18 Å². The summed E-state index contributed by atoms with van der Waals surface area (Å²) < 4.78 is 13.9. The highest BCUT2D eigenvalue weighted by molar-refractivity contribution is 9.10. The van der Waals surface area contributed by atoms with Gasteiger partial charge < -0.3 is 4.98 Å². The third-order valence-corrected chi connectivity index (χ3v) is 5.16. The predicted octanol–water partition coefficient (Wildman–Crippen LogP) is 5.73. The second kappa shape index (κ2) is 8.45. The van der Waals surface area contributed by atoms with Crippen LogP contribution in [0.2, 0.25) is 0 Å². The molecule has 0 radical (unpaired) electrons. The molecule has 0 unspecified atom stereocenters. The van der Waals surface area contributed by atoms with Gasteiger partial charge in [0, 0.05) is 22.2 Å². The fourth-order valence-electron chi connectivity index (χ4n) is 2.33. The van der Waals surface area contributed by atoms with Crippen LogP contribution in [-0.4, -0.2) is 21.5 Å². The molecule has 128 valence electrons. The van der Waals surface area contributed by atoms with Gasteiger partial charge in [-0.15, -0.1) is 0 Å². The lowest BCUT2D eigenvalue weighted by atomic mass is 10.1. The van der Waals surface area contributed by atoms with Gasteiger partial charge in [0.25, 0.3) is 0 Å². The van der Waals surface area contributed by atoms with Crippen LogP contribution < -0.4 is 0 Å². The van der Waals surface area contributed by atoms with Crippen LogP contribution in [-0.2, 0) is 0 Å². The number of carbonyl (C=O) groups is 1. The number of ketones is 1. The number of Topliss-reactive ketones (excluding diaryl/α,β-unsaturated/α-hetero) is 1. The lowest BCUT2D eigenvalue weighted by Gasteiger charge is -2.01. The van der Waals surface area contributed by atoms with Crippen LogP contribution in [0.1, 0.15) is 23.2 Å². The van der Waals surface area contributed by atoms with Crippen molar-refractivity contribution in [1.29, 1.82) is 0 Å². The van der Waals surface area contributed by atoms with Gasteiger partial charge in [0.05, 0.1) is 11.9 Å². The number of hydrogen-bond donors (Lipinski definition) is 1. The van der Waals surface area contributed by atoms with Gasteiger partial charge in [-0.2, -0.15) is 0 Å². The highest BCUT2D eigenvalue weighted by atomic mass is 79.9. The minimum absolute atomic E-state index is 0.0376. The number of aromatic nitrogens is 2. The van der Waals surface area contributed by atoms with Gasteiger partial charge in [0.1, 0.15) is 5.82 Å². The van der Waals surface area contributed by atoms with Crippen LogP contribution in [0.3, 0.4) is 0 Å². The summed E-state index contributed by atoms with van der Waals surface area (Å²) in [6.07, 6.45) is 3.00. The van der Waals surface area contributed by atoms with E-state index in [2.05, 4.69) is 25.9 Å². The average molecular weight is 419 g/mol. The summed E-state index contributed by atoms with van der Waals surface area (Å²) >= 11 is 5.01. The first kappa shape index (κ1) is 17.9. The molecule has 0 aliphatic rings. The van der Waals surface area contributed by atoms with Gasteiger partial charge in [-0.25, -0.2) is 9.37 Å². The van der Waals surface area contributed by atoms with E-state index < -0.39 is 0 Å². The highest BCUT2D eigenvalue weighted by Crippen LogP contribution is 2.23. The Balaban J connectivity index is 1.47. The number of rotatable bonds is 7. The number of carbonyl (C=O) groups excluding carboxylic acids is 1. The molecule has 0 spiro atoms. The number of halogens is 2. The summed E-state index contributed by atoms with van der Waals surface area (Å²) in [4.78, 5) is 19.7. The number of nitrogens with zero attached hydrogens (tertiary/aromatic N) is 1. The Labute approximate surface area is 158 Å². The molecular weight excluding hydrogens is 403 g/mol. The molecule has 0 atom stereocenters. The molecule has 0 aliphatic carbocycles. The zero-order valence-corrected chi connectivity index (χ0v) is 15.7. The molecule has 0 aliphatic heterocycles. The van der Waals surface area contributed by atoms with E-state index in [0.29, 0.717) is 12.0 Å². The maximum atomic E-state index is 12.9. The van der Waals surface area contributed by atoms with Crippen molar-refractivity contribution in [3.8, 4) is 11.3 Å². The number of H-pyrrole nitrogens is 1. The average Bonchev–Trinajstić information content (AvgIpc) is 3.09. The van der Waals surface area contributed by atoms with Crippen molar-refractivity contribution in [3.63, 3.8) is 0 Å². The fourth-order valence-corrected chi connectivity index (χ4v) is 3.39. The zero-order chi connectivity index (χ0) is 17.6.